The maximum absolute atomic E-state index is 6.00. The third-order valence-corrected chi connectivity index (χ3v) is 3.52. The molecule has 2 rings (SSSR count). The van der Waals surface area contributed by atoms with Crippen molar-refractivity contribution in [3.05, 3.63) is 40.0 Å². The van der Waals surface area contributed by atoms with Crippen molar-refractivity contribution in [3.8, 4) is 11.6 Å². The van der Waals surface area contributed by atoms with Gasteiger partial charge in [0.05, 0.1) is 11.3 Å². The summed E-state index contributed by atoms with van der Waals surface area (Å²) >= 11 is 3.45. The summed E-state index contributed by atoms with van der Waals surface area (Å²) in [4.78, 5) is 0. The molecule has 20 heavy (non-hydrogen) atoms. The minimum atomic E-state index is 0.775. The lowest BCUT2D eigenvalue weighted by molar-refractivity contribution is 0.423. The number of hydrogen-bond donors (Lipinski definition) is 1. The number of ether oxygens (including phenoxy) is 1. The molecule has 108 valence electrons. The Morgan fingerprint density at radius 1 is 1.40 bits per heavy atom. The van der Waals surface area contributed by atoms with E-state index in [1.165, 1.54) is 0 Å². The lowest BCUT2D eigenvalue weighted by atomic mass is 10.2. The van der Waals surface area contributed by atoms with Crippen LogP contribution in [0.2, 0.25) is 0 Å². The first-order valence-corrected chi connectivity index (χ1v) is 7.57. The number of benzene rings is 1. The first-order valence-electron chi connectivity index (χ1n) is 6.78. The third-order valence-electron chi connectivity index (χ3n) is 3.03. The summed E-state index contributed by atoms with van der Waals surface area (Å²) in [6.45, 7) is 5.93. The third kappa shape index (κ3) is 3.61. The molecule has 4 nitrogen and oxygen atoms in total. The first-order chi connectivity index (χ1) is 9.61. The van der Waals surface area contributed by atoms with Crippen molar-refractivity contribution >= 4 is 15.9 Å². The van der Waals surface area contributed by atoms with Crippen LogP contribution in [0.1, 0.15) is 24.6 Å². The summed E-state index contributed by atoms with van der Waals surface area (Å²) in [6, 6.07) is 7.82. The van der Waals surface area contributed by atoms with E-state index in [2.05, 4.69) is 33.3 Å². The normalized spacial score (nSPS) is 10.8. The number of nitrogens with one attached hydrogen (secondary N) is 1. The maximum atomic E-state index is 6.00. The topological polar surface area (TPSA) is 39.1 Å². The van der Waals surface area contributed by atoms with Crippen molar-refractivity contribution in [2.75, 3.05) is 6.54 Å². The SMILES string of the molecule is CCCNCc1c(C)nn(C)c1Oc1cccc(Br)c1. The zero-order valence-electron chi connectivity index (χ0n) is 12.1. The Labute approximate surface area is 128 Å². The van der Waals surface area contributed by atoms with Crippen molar-refractivity contribution in [2.45, 2.75) is 26.8 Å². The van der Waals surface area contributed by atoms with Gasteiger partial charge in [0.25, 0.3) is 0 Å². The summed E-state index contributed by atoms with van der Waals surface area (Å²) < 4.78 is 8.79. The highest BCUT2D eigenvalue weighted by Crippen LogP contribution is 2.28. The highest BCUT2D eigenvalue weighted by Gasteiger charge is 2.15. The highest BCUT2D eigenvalue weighted by molar-refractivity contribution is 9.10. The van der Waals surface area contributed by atoms with E-state index in [0.717, 1.165) is 46.9 Å². The summed E-state index contributed by atoms with van der Waals surface area (Å²) in [5.41, 5.74) is 2.11. The number of halogens is 1. The van der Waals surface area contributed by atoms with Gasteiger partial charge in [0.2, 0.25) is 5.88 Å². The molecule has 0 bridgehead atoms. The molecule has 1 aromatic heterocycles. The molecule has 0 radical (unpaired) electrons. The zero-order chi connectivity index (χ0) is 14.5. The van der Waals surface area contributed by atoms with Crippen molar-refractivity contribution in [3.63, 3.8) is 0 Å². The molecule has 1 aromatic carbocycles. The van der Waals surface area contributed by atoms with Crippen LogP contribution in [0.25, 0.3) is 0 Å². The summed E-state index contributed by atoms with van der Waals surface area (Å²) in [5.74, 6) is 1.60. The maximum Gasteiger partial charge on any atom is 0.222 e. The van der Waals surface area contributed by atoms with Crippen LogP contribution in [0.3, 0.4) is 0 Å². The van der Waals surface area contributed by atoms with E-state index in [1.807, 2.05) is 38.2 Å². The Kier molecular flexibility index (Phi) is 5.20. The van der Waals surface area contributed by atoms with Crippen molar-refractivity contribution in [1.29, 1.82) is 0 Å². The van der Waals surface area contributed by atoms with E-state index in [4.69, 9.17) is 4.74 Å². The van der Waals surface area contributed by atoms with E-state index >= 15 is 0 Å². The van der Waals surface area contributed by atoms with Crippen LogP contribution in [0.4, 0.5) is 0 Å². The van der Waals surface area contributed by atoms with Crippen molar-refractivity contribution < 1.29 is 4.74 Å². The molecule has 0 fully saturated rings. The average molecular weight is 338 g/mol. The minimum absolute atomic E-state index is 0.775. The van der Waals surface area contributed by atoms with Crippen LogP contribution in [0.5, 0.6) is 11.6 Å². The van der Waals surface area contributed by atoms with Gasteiger partial charge in [0.15, 0.2) is 0 Å². The second-order valence-electron chi connectivity index (χ2n) is 4.73. The van der Waals surface area contributed by atoms with Gasteiger partial charge in [-0.2, -0.15) is 5.10 Å². The predicted octanol–water partition coefficient (Wildman–Crippen LogP) is 3.78. The predicted molar refractivity (Wildman–Crippen MR) is 84.2 cm³/mol. The minimum Gasteiger partial charge on any atom is -0.439 e. The highest BCUT2D eigenvalue weighted by atomic mass is 79.9. The fraction of sp³-hybridized carbons (Fsp3) is 0.400. The van der Waals surface area contributed by atoms with Gasteiger partial charge in [-0.1, -0.05) is 28.9 Å². The Hall–Kier alpha value is -1.33. The van der Waals surface area contributed by atoms with Gasteiger partial charge in [-0.15, -0.1) is 0 Å². The molecule has 0 atom stereocenters. The standard InChI is InChI=1S/C15H20BrN3O/c1-4-8-17-10-14-11(2)18-19(3)15(14)20-13-7-5-6-12(16)9-13/h5-7,9,17H,4,8,10H2,1-3H3. The lowest BCUT2D eigenvalue weighted by Crippen LogP contribution is -2.14. The zero-order valence-corrected chi connectivity index (χ0v) is 13.7. The number of rotatable bonds is 6. The number of aryl methyl sites for hydroxylation is 2. The Bertz CT molecular complexity index is 580. The van der Waals surface area contributed by atoms with Crippen molar-refractivity contribution in [1.82, 2.24) is 15.1 Å². The van der Waals surface area contributed by atoms with Gasteiger partial charge in [-0.3, -0.25) is 0 Å². The summed E-state index contributed by atoms with van der Waals surface area (Å²) in [6.07, 6.45) is 1.11. The lowest BCUT2D eigenvalue weighted by Gasteiger charge is -2.09. The fourth-order valence-electron chi connectivity index (χ4n) is 2.04. The summed E-state index contributed by atoms with van der Waals surface area (Å²) in [7, 11) is 1.91. The van der Waals surface area contributed by atoms with E-state index in [0.29, 0.717) is 0 Å². The molecular formula is C15H20BrN3O. The Balaban J connectivity index is 2.21. The Morgan fingerprint density at radius 3 is 2.90 bits per heavy atom. The Morgan fingerprint density at radius 2 is 2.20 bits per heavy atom. The quantitative estimate of drug-likeness (QED) is 0.815. The molecule has 0 saturated heterocycles. The van der Waals surface area contributed by atoms with Crippen LogP contribution < -0.4 is 10.1 Å². The van der Waals surface area contributed by atoms with Gasteiger partial charge in [-0.05, 0) is 38.1 Å². The van der Waals surface area contributed by atoms with E-state index < -0.39 is 0 Å². The molecule has 0 spiro atoms. The molecule has 2 aromatic rings. The van der Waals surface area contributed by atoms with Crippen LogP contribution >= 0.6 is 15.9 Å². The molecule has 1 heterocycles. The van der Waals surface area contributed by atoms with Crippen LogP contribution in [-0.2, 0) is 13.6 Å². The monoisotopic (exact) mass is 337 g/mol. The molecule has 0 aliphatic carbocycles. The van der Waals surface area contributed by atoms with Gasteiger partial charge >= 0.3 is 0 Å². The number of aromatic nitrogens is 2. The van der Waals surface area contributed by atoms with E-state index in [9.17, 15) is 0 Å². The van der Waals surface area contributed by atoms with Gasteiger partial charge in [0, 0.05) is 18.1 Å². The van der Waals surface area contributed by atoms with Crippen LogP contribution in [0.15, 0.2) is 28.7 Å². The van der Waals surface area contributed by atoms with Crippen LogP contribution in [-0.4, -0.2) is 16.3 Å². The van der Waals surface area contributed by atoms with Gasteiger partial charge in [0.1, 0.15) is 5.75 Å². The molecule has 0 amide bonds. The first kappa shape index (κ1) is 15.1. The number of nitrogens with zero attached hydrogens (tertiary/aromatic N) is 2. The second-order valence-corrected chi connectivity index (χ2v) is 5.64. The van der Waals surface area contributed by atoms with Gasteiger partial charge in [-0.25, -0.2) is 4.68 Å². The van der Waals surface area contributed by atoms with Crippen LogP contribution in [0, 0.1) is 6.92 Å². The number of hydrogen-bond acceptors (Lipinski definition) is 3. The average Bonchev–Trinajstić information content (AvgIpc) is 2.66. The molecule has 0 unspecified atom stereocenters. The molecule has 0 aliphatic rings. The molecule has 0 saturated carbocycles. The molecule has 5 heteroatoms. The van der Waals surface area contributed by atoms with Gasteiger partial charge < -0.3 is 10.1 Å². The van der Waals surface area contributed by atoms with Crippen molar-refractivity contribution in [2.24, 2.45) is 7.05 Å². The fourth-order valence-corrected chi connectivity index (χ4v) is 2.42. The second kappa shape index (κ2) is 6.90. The largest absolute Gasteiger partial charge is 0.439 e. The molecule has 0 aliphatic heterocycles. The van der Waals surface area contributed by atoms with E-state index in [-0.39, 0.29) is 0 Å². The molecule has 1 N–H and O–H groups in total. The summed E-state index contributed by atoms with van der Waals surface area (Å²) in [5, 5.41) is 7.85. The molecular weight excluding hydrogens is 318 g/mol. The van der Waals surface area contributed by atoms with E-state index in [1.54, 1.807) is 4.68 Å². The smallest absolute Gasteiger partial charge is 0.222 e.